The van der Waals surface area contributed by atoms with Crippen LogP contribution in [0.4, 0.5) is 0 Å². The van der Waals surface area contributed by atoms with Crippen molar-refractivity contribution in [3.8, 4) is 0 Å². The molecule has 0 saturated carbocycles. The van der Waals surface area contributed by atoms with Crippen molar-refractivity contribution in [2.24, 2.45) is 5.73 Å². The summed E-state index contributed by atoms with van der Waals surface area (Å²) in [7, 11) is 0. The smallest absolute Gasteiger partial charge is 0.151 e. The van der Waals surface area contributed by atoms with Crippen molar-refractivity contribution < 1.29 is 4.42 Å². The van der Waals surface area contributed by atoms with E-state index < -0.39 is 0 Å². The average molecular weight is 220 g/mol. The van der Waals surface area contributed by atoms with E-state index in [1.807, 2.05) is 25.1 Å². The largest absolute Gasteiger partial charge is 0.461 e. The summed E-state index contributed by atoms with van der Waals surface area (Å²) in [4.78, 5) is 0. The van der Waals surface area contributed by atoms with E-state index in [4.69, 9.17) is 15.6 Å². The molecule has 1 aromatic carbocycles. The first-order chi connectivity index (χ1) is 7.15. The van der Waals surface area contributed by atoms with Crippen LogP contribution in [0.3, 0.4) is 0 Å². The SMILES string of the molecule is Cc1cc2cc(CSC(=N)N)ccc2o1. The van der Waals surface area contributed by atoms with Crippen LogP contribution in [0.5, 0.6) is 0 Å². The number of furan rings is 1. The molecule has 0 atom stereocenters. The van der Waals surface area contributed by atoms with Crippen LogP contribution >= 0.6 is 11.8 Å². The van der Waals surface area contributed by atoms with Crippen molar-refractivity contribution in [3.63, 3.8) is 0 Å². The van der Waals surface area contributed by atoms with Gasteiger partial charge in [0, 0.05) is 11.1 Å². The highest BCUT2D eigenvalue weighted by Crippen LogP contribution is 2.22. The number of nitrogens with two attached hydrogens (primary N) is 1. The third-order valence-corrected chi connectivity index (χ3v) is 2.89. The van der Waals surface area contributed by atoms with E-state index >= 15 is 0 Å². The first kappa shape index (κ1) is 10.1. The Morgan fingerprint density at radius 3 is 3.00 bits per heavy atom. The Morgan fingerprint density at radius 1 is 1.47 bits per heavy atom. The van der Waals surface area contributed by atoms with Crippen LogP contribution in [0.2, 0.25) is 0 Å². The van der Waals surface area contributed by atoms with Crippen LogP contribution in [-0.4, -0.2) is 5.17 Å². The van der Waals surface area contributed by atoms with Gasteiger partial charge >= 0.3 is 0 Å². The predicted octanol–water partition coefficient (Wildman–Crippen LogP) is 2.87. The number of amidine groups is 1. The maximum absolute atomic E-state index is 7.13. The highest BCUT2D eigenvalue weighted by molar-refractivity contribution is 8.13. The lowest BCUT2D eigenvalue weighted by molar-refractivity contribution is 0.578. The lowest BCUT2D eigenvalue weighted by Crippen LogP contribution is -2.03. The highest BCUT2D eigenvalue weighted by Gasteiger charge is 2.02. The zero-order valence-corrected chi connectivity index (χ0v) is 9.23. The van der Waals surface area contributed by atoms with Crippen LogP contribution in [-0.2, 0) is 5.75 Å². The molecule has 1 heterocycles. The Hall–Kier alpha value is -1.42. The van der Waals surface area contributed by atoms with E-state index in [2.05, 4.69) is 6.07 Å². The van der Waals surface area contributed by atoms with Gasteiger partial charge in [-0.2, -0.15) is 0 Å². The van der Waals surface area contributed by atoms with Crippen LogP contribution in [0.15, 0.2) is 28.7 Å². The first-order valence-corrected chi connectivity index (χ1v) is 5.59. The van der Waals surface area contributed by atoms with E-state index in [0.29, 0.717) is 0 Å². The van der Waals surface area contributed by atoms with Gasteiger partial charge in [-0.25, -0.2) is 0 Å². The van der Waals surface area contributed by atoms with Crippen molar-refractivity contribution in [1.29, 1.82) is 5.41 Å². The number of hydrogen-bond donors (Lipinski definition) is 2. The molecular formula is C11H12N2OS. The molecule has 0 aliphatic heterocycles. The van der Waals surface area contributed by atoms with Crippen molar-refractivity contribution in [3.05, 3.63) is 35.6 Å². The summed E-state index contributed by atoms with van der Waals surface area (Å²) in [5, 5.41) is 8.39. The van der Waals surface area contributed by atoms with Gasteiger partial charge in [-0.05, 0) is 30.7 Å². The van der Waals surface area contributed by atoms with E-state index in [1.54, 1.807) is 0 Å². The molecule has 0 amide bonds. The van der Waals surface area contributed by atoms with Crippen molar-refractivity contribution in [2.75, 3.05) is 0 Å². The van der Waals surface area contributed by atoms with Crippen LogP contribution < -0.4 is 5.73 Å². The fourth-order valence-corrected chi connectivity index (χ4v) is 1.98. The van der Waals surface area contributed by atoms with Gasteiger partial charge in [-0.3, -0.25) is 5.41 Å². The number of rotatable bonds is 2. The average Bonchev–Trinajstić information content (AvgIpc) is 2.53. The summed E-state index contributed by atoms with van der Waals surface area (Å²) in [5.74, 6) is 1.65. The second-order valence-electron chi connectivity index (χ2n) is 3.38. The molecule has 0 radical (unpaired) electrons. The molecule has 3 N–H and O–H groups in total. The summed E-state index contributed by atoms with van der Waals surface area (Å²) >= 11 is 1.33. The highest BCUT2D eigenvalue weighted by atomic mass is 32.2. The van der Waals surface area contributed by atoms with Crippen molar-refractivity contribution in [2.45, 2.75) is 12.7 Å². The van der Waals surface area contributed by atoms with Gasteiger partial charge in [0.15, 0.2) is 5.17 Å². The number of benzene rings is 1. The molecule has 4 heteroatoms. The second kappa shape index (κ2) is 3.98. The summed E-state index contributed by atoms with van der Waals surface area (Å²) in [6.45, 7) is 1.93. The van der Waals surface area contributed by atoms with Gasteiger partial charge in [-0.1, -0.05) is 17.8 Å². The zero-order valence-electron chi connectivity index (χ0n) is 8.41. The Labute approximate surface area is 92.2 Å². The van der Waals surface area contributed by atoms with E-state index in [-0.39, 0.29) is 5.17 Å². The molecule has 0 unspecified atom stereocenters. The molecule has 1 aromatic heterocycles. The number of thioether (sulfide) groups is 1. The minimum atomic E-state index is 0.151. The molecule has 2 rings (SSSR count). The molecular weight excluding hydrogens is 208 g/mol. The van der Waals surface area contributed by atoms with Crippen molar-refractivity contribution >= 4 is 27.9 Å². The molecule has 0 spiro atoms. The Balaban J connectivity index is 2.26. The summed E-state index contributed by atoms with van der Waals surface area (Å²) in [5.41, 5.74) is 7.35. The summed E-state index contributed by atoms with van der Waals surface area (Å²) in [6.07, 6.45) is 0. The molecule has 0 bridgehead atoms. The van der Waals surface area contributed by atoms with Gasteiger partial charge in [-0.15, -0.1) is 0 Å². The third kappa shape index (κ3) is 2.33. The Bertz CT molecular complexity index is 504. The molecule has 15 heavy (non-hydrogen) atoms. The van der Waals surface area contributed by atoms with Crippen LogP contribution in [0, 0.1) is 12.3 Å². The maximum atomic E-state index is 7.13. The molecule has 0 aliphatic carbocycles. The number of aryl methyl sites for hydroxylation is 1. The lowest BCUT2D eigenvalue weighted by Gasteiger charge is -1.99. The van der Waals surface area contributed by atoms with E-state index in [9.17, 15) is 0 Å². The van der Waals surface area contributed by atoms with Gasteiger partial charge < -0.3 is 10.2 Å². The monoisotopic (exact) mass is 220 g/mol. The number of hydrogen-bond acceptors (Lipinski definition) is 3. The summed E-state index contributed by atoms with van der Waals surface area (Å²) < 4.78 is 5.47. The van der Waals surface area contributed by atoms with Gasteiger partial charge in [0.05, 0.1) is 0 Å². The molecule has 0 saturated heterocycles. The second-order valence-corrected chi connectivity index (χ2v) is 4.40. The Morgan fingerprint density at radius 2 is 2.27 bits per heavy atom. The first-order valence-electron chi connectivity index (χ1n) is 4.61. The topological polar surface area (TPSA) is 63.0 Å². The quantitative estimate of drug-likeness (QED) is 0.604. The maximum Gasteiger partial charge on any atom is 0.151 e. The lowest BCUT2D eigenvalue weighted by atomic mass is 10.2. The zero-order chi connectivity index (χ0) is 10.8. The van der Waals surface area contributed by atoms with E-state index in [1.165, 1.54) is 11.8 Å². The van der Waals surface area contributed by atoms with Crippen LogP contribution in [0.25, 0.3) is 11.0 Å². The minimum absolute atomic E-state index is 0.151. The molecule has 0 fully saturated rings. The fraction of sp³-hybridized carbons (Fsp3) is 0.182. The summed E-state index contributed by atoms with van der Waals surface area (Å²) in [6, 6.07) is 8.04. The normalized spacial score (nSPS) is 10.7. The van der Waals surface area contributed by atoms with Gasteiger partial charge in [0.1, 0.15) is 11.3 Å². The molecule has 0 aliphatic rings. The van der Waals surface area contributed by atoms with Gasteiger partial charge in [0.2, 0.25) is 0 Å². The third-order valence-electron chi connectivity index (χ3n) is 2.10. The number of fused-ring (bicyclic) bond motifs is 1. The van der Waals surface area contributed by atoms with Gasteiger partial charge in [0.25, 0.3) is 0 Å². The Kier molecular flexibility index (Phi) is 2.68. The van der Waals surface area contributed by atoms with Crippen LogP contribution in [0.1, 0.15) is 11.3 Å². The number of nitrogens with one attached hydrogen (secondary N) is 1. The standard InChI is InChI=1S/C11H12N2OS/c1-7-4-9-5-8(6-15-11(12)13)2-3-10(9)14-7/h2-5H,6H2,1H3,(H3,12,13). The predicted molar refractivity (Wildman–Crippen MR) is 64.2 cm³/mol. The van der Waals surface area contributed by atoms with Crippen molar-refractivity contribution in [1.82, 2.24) is 0 Å². The minimum Gasteiger partial charge on any atom is -0.461 e. The van der Waals surface area contributed by atoms with E-state index in [0.717, 1.165) is 28.0 Å². The molecule has 78 valence electrons. The fourth-order valence-electron chi connectivity index (χ4n) is 1.48. The molecule has 3 nitrogen and oxygen atoms in total. The molecule has 2 aromatic rings.